The van der Waals surface area contributed by atoms with Gasteiger partial charge in [-0.1, -0.05) is 24.3 Å². The molecule has 26 heavy (non-hydrogen) atoms. The van der Waals surface area contributed by atoms with Crippen molar-refractivity contribution in [3.8, 4) is 0 Å². The molecule has 0 radical (unpaired) electrons. The molecule has 0 saturated carbocycles. The van der Waals surface area contributed by atoms with Crippen LogP contribution in [-0.4, -0.2) is 22.6 Å². The predicted molar refractivity (Wildman–Crippen MR) is 98.9 cm³/mol. The standard InChI is InChI=1S/C20H19FN4O/c1-14-3-2-4-17(13-14)23-19-10-9-18(24-25-19)20(26)22-12-11-15-5-7-16(21)8-6-15/h2-10,13H,11-12H2,1H3,(H,22,26)(H,23,25). The summed E-state index contributed by atoms with van der Waals surface area (Å²) in [7, 11) is 0. The second-order valence-electron chi connectivity index (χ2n) is 5.93. The number of aromatic nitrogens is 2. The van der Waals surface area contributed by atoms with Gasteiger partial charge in [0, 0.05) is 12.2 Å². The van der Waals surface area contributed by atoms with Gasteiger partial charge < -0.3 is 10.6 Å². The first-order valence-electron chi connectivity index (χ1n) is 8.30. The van der Waals surface area contributed by atoms with Gasteiger partial charge >= 0.3 is 0 Å². The Hall–Kier alpha value is -3.28. The van der Waals surface area contributed by atoms with Crippen molar-refractivity contribution in [2.24, 2.45) is 0 Å². The fourth-order valence-corrected chi connectivity index (χ4v) is 2.45. The van der Waals surface area contributed by atoms with E-state index in [1.54, 1.807) is 24.3 Å². The minimum atomic E-state index is -0.290. The molecule has 3 aromatic rings. The lowest BCUT2D eigenvalue weighted by atomic mass is 10.1. The van der Waals surface area contributed by atoms with E-state index in [1.807, 2.05) is 31.2 Å². The Morgan fingerprint density at radius 1 is 1.04 bits per heavy atom. The number of halogens is 1. The molecular formula is C20H19FN4O. The van der Waals surface area contributed by atoms with E-state index in [-0.39, 0.29) is 17.4 Å². The molecule has 0 saturated heterocycles. The number of carbonyl (C=O) groups excluding carboxylic acids is 1. The first kappa shape index (κ1) is 17.5. The minimum absolute atomic E-state index is 0.249. The molecule has 2 N–H and O–H groups in total. The molecule has 0 unspecified atom stereocenters. The maximum absolute atomic E-state index is 12.9. The quantitative estimate of drug-likeness (QED) is 0.712. The van der Waals surface area contributed by atoms with Gasteiger partial charge in [0.25, 0.3) is 5.91 Å². The van der Waals surface area contributed by atoms with E-state index < -0.39 is 0 Å². The lowest BCUT2D eigenvalue weighted by molar-refractivity contribution is 0.0948. The number of hydrogen-bond donors (Lipinski definition) is 2. The largest absolute Gasteiger partial charge is 0.350 e. The number of benzene rings is 2. The number of nitrogens with one attached hydrogen (secondary N) is 2. The van der Waals surface area contributed by atoms with Crippen LogP contribution in [0, 0.1) is 12.7 Å². The van der Waals surface area contributed by atoms with Crippen molar-refractivity contribution in [2.75, 3.05) is 11.9 Å². The monoisotopic (exact) mass is 350 g/mol. The summed E-state index contributed by atoms with van der Waals surface area (Å²) in [5.74, 6) is 0.00704. The maximum atomic E-state index is 12.9. The first-order chi connectivity index (χ1) is 12.6. The number of hydrogen-bond acceptors (Lipinski definition) is 4. The number of carbonyl (C=O) groups is 1. The predicted octanol–water partition coefficient (Wildman–Crippen LogP) is 3.64. The van der Waals surface area contributed by atoms with Gasteiger partial charge in [-0.15, -0.1) is 10.2 Å². The van der Waals surface area contributed by atoms with E-state index in [2.05, 4.69) is 20.8 Å². The van der Waals surface area contributed by atoms with Crippen molar-refractivity contribution in [1.29, 1.82) is 0 Å². The van der Waals surface area contributed by atoms with Crippen LogP contribution in [0.15, 0.2) is 60.7 Å². The van der Waals surface area contributed by atoms with Gasteiger partial charge in [0.15, 0.2) is 11.5 Å². The SMILES string of the molecule is Cc1cccc(Nc2ccc(C(=O)NCCc3ccc(F)cc3)nn2)c1. The summed E-state index contributed by atoms with van der Waals surface area (Å²) in [4.78, 5) is 12.1. The van der Waals surface area contributed by atoms with Gasteiger partial charge in [-0.05, 0) is 60.9 Å². The fourth-order valence-electron chi connectivity index (χ4n) is 2.45. The second kappa shape index (κ2) is 8.20. The van der Waals surface area contributed by atoms with Crippen molar-refractivity contribution >= 4 is 17.4 Å². The van der Waals surface area contributed by atoms with Crippen molar-refractivity contribution < 1.29 is 9.18 Å². The highest BCUT2D eigenvalue weighted by Crippen LogP contribution is 2.15. The van der Waals surface area contributed by atoms with Crippen LogP contribution in [0.25, 0.3) is 0 Å². The summed E-state index contributed by atoms with van der Waals surface area (Å²) in [5, 5.41) is 13.9. The van der Waals surface area contributed by atoms with Gasteiger partial charge in [0.05, 0.1) is 0 Å². The van der Waals surface area contributed by atoms with Crippen LogP contribution in [0.1, 0.15) is 21.6 Å². The van der Waals surface area contributed by atoms with Crippen LogP contribution in [0.5, 0.6) is 0 Å². The summed E-state index contributed by atoms with van der Waals surface area (Å²) >= 11 is 0. The van der Waals surface area contributed by atoms with E-state index in [0.29, 0.717) is 18.8 Å². The molecule has 0 aliphatic rings. The van der Waals surface area contributed by atoms with Crippen LogP contribution in [0.4, 0.5) is 15.9 Å². The normalized spacial score (nSPS) is 10.4. The molecule has 0 fully saturated rings. The number of anilines is 2. The Morgan fingerprint density at radius 3 is 2.54 bits per heavy atom. The number of aryl methyl sites for hydroxylation is 1. The van der Waals surface area contributed by atoms with Crippen molar-refractivity contribution in [1.82, 2.24) is 15.5 Å². The summed E-state index contributed by atoms with van der Waals surface area (Å²) in [5.41, 5.74) is 3.25. The van der Waals surface area contributed by atoms with Gasteiger partial charge in [0.2, 0.25) is 0 Å². The third-order valence-electron chi connectivity index (χ3n) is 3.80. The molecule has 0 atom stereocenters. The Labute approximate surface area is 151 Å². The Kier molecular flexibility index (Phi) is 5.53. The molecule has 0 bridgehead atoms. The Morgan fingerprint density at radius 2 is 1.85 bits per heavy atom. The molecule has 0 aliphatic heterocycles. The number of nitrogens with zero attached hydrogens (tertiary/aromatic N) is 2. The number of rotatable bonds is 6. The molecule has 0 aliphatic carbocycles. The average Bonchev–Trinajstić information content (AvgIpc) is 2.64. The minimum Gasteiger partial charge on any atom is -0.350 e. The van der Waals surface area contributed by atoms with Crippen molar-refractivity contribution in [3.05, 3.63) is 83.3 Å². The molecule has 6 heteroatoms. The summed E-state index contributed by atoms with van der Waals surface area (Å²) in [6.45, 7) is 2.45. The average molecular weight is 350 g/mol. The van der Waals surface area contributed by atoms with Crippen LogP contribution < -0.4 is 10.6 Å². The maximum Gasteiger partial charge on any atom is 0.271 e. The summed E-state index contributed by atoms with van der Waals surface area (Å²) in [6, 6.07) is 17.4. The zero-order chi connectivity index (χ0) is 18.4. The van der Waals surface area contributed by atoms with Gasteiger partial charge in [-0.25, -0.2) is 4.39 Å². The zero-order valence-corrected chi connectivity index (χ0v) is 14.4. The van der Waals surface area contributed by atoms with Gasteiger partial charge in [-0.2, -0.15) is 0 Å². The topological polar surface area (TPSA) is 66.9 Å². The third kappa shape index (κ3) is 4.86. The van der Waals surface area contributed by atoms with Crippen LogP contribution in [-0.2, 0) is 6.42 Å². The zero-order valence-electron chi connectivity index (χ0n) is 14.4. The second-order valence-corrected chi connectivity index (χ2v) is 5.93. The molecule has 2 aromatic carbocycles. The molecule has 5 nitrogen and oxygen atoms in total. The van der Waals surface area contributed by atoms with Crippen LogP contribution >= 0.6 is 0 Å². The molecule has 132 valence electrons. The van der Waals surface area contributed by atoms with Crippen molar-refractivity contribution in [3.63, 3.8) is 0 Å². The molecule has 1 amide bonds. The van der Waals surface area contributed by atoms with E-state index in [0.717, 1.165) is 16.8 Å². The molecule has 1 heterocycles. The van der Waals surface area contributed by atoms with Crippen LogP contribution in [0.2, 0.25) is 0 Å². The van der Waals surface area contributed by atoms with Crippen molar-refractivity contribution in [2.45, 2.75) is 13.3 Å². The molecule has 3 rings (SSSR count). The van der Waals surface area contributed by atoms with E-state index >= 15 is 0 Å². The fraction of sp³-hybridized carbons (Fsp3) is 0.150. The summed E-state index contributed by atoms with van der Waals surface area (Å²) < 4.78 is 12.9. The van der Waals surface area contributed by atoms with Gasteiger partial charge in [-0.3, -0.25) is 4.79 Å². The lowest BCUT2D eigenvalue weighted by Crippen LogP contribution is -2.26. The molecule has 1 aromatic heterocycles. The third-order valence-corrected chi connectivity index (χ3v) is 3.80. The van der Waals surface area contributed by atoms with E-state index in [4.69, 9.17) is 0 Å². The number of amides is 1. The molecular weight excluding hydrogens is 331 g/mol. The first-order valence-corrected chi connectivity index (χ1v) is 8.30. The van der Waals surface area contributed by atoms with Crippen LogP contribution in [0.3, 0.4) is 0 Å². The van der Waals surface area contributed by atoms with E-state index in [1.165, 1.54) is 12.1 Å². The highest BCUT2D eigenvalue weighted by Gasteiger charge is 2.08. The smallest absolute Gasteiger partial charge is 0.271 e. The van der Waals surface area contributed by atoms with E-state index in [9.17, 15) is 9.18 Å². The Balaban J connectivity index is 1.52. The van der Waals surface area contributed by atoms with Gasteiger partial charge in [0.1, 0.15) is 5.82 Å². The summed E-state index contributed by atoms with van der Waals surface area (Å²) in [6.07, 6.45) is 0.618. The highest BCUT2D eigenvalue weighted by atomic mass is 19.1. The lowest BCUT2D eigenvalue weighted by Gasteiger charge is -2.07. The highest BCUT2D eigenvalue weighted by molar-refractivity contribution is 5.92. The molecule has 0 spiro atoms. The Bertz CT molecular complexity index is 879.